The molecule has 3 amide bonds. The van der Waals surface area contributed by atoms with Crippen molar-refractivity contribution in [3.05, 3.63) is 29.3 Å². The molecule has 6 nitrogen and oxygen atoms in total. The molecule has 0 aliphatic carbocycles. The highest BCUT2D eigenvalue weighted by atomic mass is 35.5. The smallest absolute Gasteiger partial charge is 0.410 e. The molecule has 0 aromatic heterocycles. The van der Waals surface area contributed by atoms with Gasteiger partial charge in [0.05, 0.1) is 0 Å². The summed E-state index contributed by atoms with van der Waals surface area (Å²) in [5, 5.41) is 6.39. The van der Waals surface area contributed by atoms with Crippen molar-refractivity contribution >= 4 is 29.4 Å². The highest BCUT2D eigenvalue weighted by Gasteiger charge is 2.31. The van der Waals surface area contributed by atoms with Crippen LogP contribution >= 0.6 is 11.6 Å². The van der Waals surface area contributed by atoms with Crippen LogP contribution in [0.15, 0.2) is 24.3 Å². The molecule has 2 unspecified atom stereocenters. The highest BCUT2D eigenvalue weighted by molar-refractivity contribution is 6.30. The van der Waals surface area contributed by atoms with E-state index in [9.17, 15) is 9.59 Å². The number of carbonyl (C=O) groups excluding carboxylic acids is 2. The predicted molar refractivity (Wildman–Crippen MR) is 99.0 cm³/mol. The van der Waals surface area contributed by atoms with Gasteiger partial charge in [0.25, 0.3) is 0 Å². The minimum Gasteiger partial charge on any atom is -0.444 e. The molecule has 1 heterocycles. The third kappa shape index (κ3) is 6.12. The molecule has 0 radical (unpaired) electrons. The average molecular weight is 368 g/mol. The van der Waals surface area contributed by atoms with Gasteiger partial charge in [-0.2, -0.15) is 0 Å². The molecule has 1 aromatic carbocycles. The molecular formula is C18H26ClN3O3. The number of nitrogens with zero attached hydrogens (tertiary/aromatic N) is 1. The first-order valence-corrected chi connectivity index (χ1v) is 8.83. The Bertz CT molecular complexity index is 613. The predicted octanol–water partition coefficient (Wildman–Crippen LogP) is 4.11. The lowest BCUT2D eigenvalue weighted by atomic mass is 9.94. The lowest BCUT2D eigenvalue weighted by Crippen LogP contribution is -2.53. The third-order valence-electron chi connectivity index (χ3n) is 3.98. The molecule has 0 spiro atoms. The van der Waals surface area contributed by atoms with Crippen molar-refractivity contribution in [3.8, 4) is 0 Å². The van der Waals surface area contributed by atoms with E-state index in [1.807, 2.05) is 27.7 Å². The normalized spacial score (nSPS) is 20.8. The van der Waals surface area contributed by atoms with Crippen molar-refractivity contribution in [2.24, 2.45) is 5.92 Å². The van der Waals surface area contributed by atoms with E-state index in [0.717, 1.165) is 0 Å². The minimum atomic E-state index is -0.506. The molecule has 1 aromatic rings. The van der Waals surface area contributed by atoms with E-state index in [-0.39, 0.29) is 24.1 Å². The molecular weight excluding hydrogens is 342 g/mol. The van der Waals surface area contributed by atoms with Crippen molar-refractivity contribution < 1.29 is 14.3 Å². The number of urea groups is 1. The summed E-state index contributed by atoms with van der Waals surface area (Å²) in [6, 6.07) is 6.68. The van der Waals surface area contributed by atoms with Crippen molar-refractivity contribution in [1.82, 2.24) is 10.2 Å². The fourth-order valence-corrected chi connectivity index (χ4v) is 2.85. The van der Waals surface area contributed by atoms with E-state index in [2.05, 4.69) is 10.6 Å². The molecule has 0 saturated carbocycles. The fourth-order valence-electron chi connectivity index (χ4n) is 2.72. The monoisotopic (exact) mass is 367 g/mol. The number of halogens is 1. The molecule has 7 heteroatoms. The topological polar surface area (TPSA) is 70.7 Å². The van der Waals surface area contributed by atoms with E-state index in [0.29, 0.717) is 30.2 Å². The van der Waals surface area contributed by atoms with E-state index in [1.165, 1.54) is 0 Å². The molecule has 0 bridgehead atoms. The summed E-state index contributed by atoms with van der Waals surface area (Å²) in [4.78, 5) is 26.0. The number of rotatable bonds is 2. The average Bonchev–Trinajstić information content (AvgIpc) is 2.50. The Kier molecular flexibility index (Phi) is 6.16. The maximum Gasteiger partial charge on any atom is 0.410 e. The quantitative estimate of drug-likeness (QED) is 0.826. The molecule has 138 valence electrons. The summed E-state index contributed by atoms with van der Waals surface area (Å²) in [5.74, 6) is 0.136. The number of nitrogens with one attached hydrogen (secondary N) is 2. The largest absolute Gasteiger partial charge is 0.444 e. The first kappa shape index (κ1) is 19.4. The molecule has 1 saturated heterocycles. The second-order valence-electron chi connectivity index (χ2n) is 7.40. The van der Waals surface area contributed by atoms with Crippen molar-refractivity contribution in [2.75, 3.05) is 18.4 Å². The van der Waals surface area contributed by atoms with Gasteiger partial charge < -0.3 is 20.3 Å². The lowest BCUT2D eigenvalue weighted by molar-refractivity contribution is 0.0149. The lowest BCUT2D eigenvalue weighted by Gasteiger charge is -2.37. The molecule has 2 rings (SSSR count). The van der Waals surface area contributed by atoms with Crippen LogP contribution in [0.2, 0.25) is 5.02 Å². The zero-order valence-electron chi connectivity index (χ0n) is 15.1. The zero-order valence-corrected chi connectivity index (χ0v) is 15.9. The Morgan fingerprint density at radius 1 is 1.24 bits per heavy atom. The van der Waals surface area contributed by atoms with E-state index in [1.54, 1.807) is 29.2 Å². The Hall–Kier alpha value is -1.95. The first-order valence-electron chi connectivity index (χ1n) is 8.45. The molecule has 1 aliphatic rings. The van der Waals surface area contributed by atoms with Gasteiger partial charge in [-0.3, -0.25) is 0 Å². The summed E-state index contributed by atoms with van der Waals surface area (Å²) in [7, 11) is 0. The van der Waals surface area contributed by atoms with Crippen molar-refractivity contribution in [1.29, 1.82) is 0 Å². The summed E-state index contributed by atoms with van der Waals surface area (Å²) < 4.78 is 5.41. The van der Waals surface area contributed by atoms with E-state index in [4.69, 9.17) is 16.3 Å². The van der Waals surface area contributed by atoms with Crippen LogP contribution in [0.4, 0.5) is 15.3 Å². The zero-order chi connectivity index (χ0) is 18.6. The molecule has 2 N–H and O–H groups in total. The Balaban J connectivity index is 1.83. The molecule has 25 heavy (non-hydrogen) atoms. The maximum absolute atomic E-state index is 12.2. The first-order chi connectivity index (χ1) is 11.6. The number of hydrogen-bond donors (Lipinski definition) is 2. The maximum atomic E-state index is 12.2. The number of anilines is 1. The highest BCUT2D eigenvalue weighted by Crippen LogP contribution is 2.20. The Labute approximate surface area is 153 Å². The number of hydrogen-bond acceptors (Lipinski definition) is 3. The molecule has 1 aliphatic heterocycles. The van der Waals surface area contributed by atoms with Gasteiger partial charge in [0.2, 0.25) is 0 Å². The van der Waals surface area contributed by atoms with Crippen molar-refractivity contribution in [2.45, 2.75) is 45.8 Å². The summed E-state index contributed by atoms with van der Waals surface area (Å²) in [6.45, 7) is 8.69. The third-order valence-corrected chi connectivity index (χ3v) is 4.23. The van der Waals surface area contributed by atoms with Crippen LogP contribution < -0.4 is 10.6 Å². The van der Waals surface area contributed by atoms with Gasteiger partial charge in [-0.1, -0.05) is 18.5 Å². The van der Waals surface area contributed by atoms with Gasteiger partial charge in [0.15, 0.2) is 0 Å². The van der Waals surface area contributed by atoms with Crippen LogP contribution in [0.5, 0.6) is 0 Å². The van der Waals surface area contributed by atoms with Gasteiger partial charge in [0.1, 0.15) is 5.60 Å². The fraction of sp³-hybridized carbons (Fsp3) is 0.556. The van der Waals surface area contributed by atoms with Crippen LogP contribution in [-0.4, -0.2) is 41.8 Å². The van der Waals surface area contributed by atoms with Gasteiger partial charge >= 0.3 is 12.1 Å². The second-order valence-corrected chi connectivity index (χ2v) is 7.84. The van der Waals surface area contributed by atoms with Crippen molar-refractivity contribution in [3.63, 3.8) is 0 Å². The van der Waals surface area contributed by atoms with Gasteiger partial charge in [-0.25, -0.2) is 9.59 Å². The molecule has 2 atom stereocenters. The number of benzene rings is 1. The molecule has 1 fully saturated rings. The second kappa shape index (κ2) is 7.95. The minimum absolute atomic E-state index is 0.00554. The number of amides is 3. The number of carbonyl (C=O) groups is 2. The van der Waals surface area contributed by atoms with Gasteiger partial charge in [-0.05, 0) is 57.4 Å². The van der Waals surface area contributed by atoms with Crippen LogP contribution in [0.25, 0.3) is 0 Å². The van der Waals surface area contributed by atoms with Gasteiger partial charge in [-0.15, -0.1) is 0 Å². The SMILES string of the molecule is CC1CN(C(=O)OC(C)(C)C)CCC1NC(=O)Nc1ccc(Cl)cc1. The van der Waals surface area contributed by atoms with E-state index >= 15 is 0 Å². The van der Waals surface area contributed by atoms with E-state index < -0.39 is 5.60 Å². The van der Waals surface area contributed by atoms with Crippen LogP contribution in [-0.2, 0) is 4.74 Å². The standard InChI is InChI=1S/C18H26ClN3O3/c1-12-11-22(17(24)25-18(2,3)4)10-9-15(12)21-16(23)20-14-7-5-13(19)6-8-14/h5-8,12,15H,9-11H2,1-4H3,(H2,20,21,23). The van der Waals surface area contributed by atoms with Crippen LogP contribution in [0, 0.1) is 5.92 Å². The summed E-state index contributed by atoms with van der Waals surface area (Å²) in [5.41, 5.74) is 0.175. The summed E-state index contributed by atoms with van der Waals surface area (Å²) in [6.07, 6.45) is 0.387. The number of ether oxygens (including phenoxy) is 1. The Morgan fingerprint density at radius 2 is 1.88 bits per heavy atom. The summed E-state index contributed by atoms with van der Waals surface area (Å²) >= 11 is 5.83. The number of likely N-dealkylation sites (tertiary alicyclic amines) is 1. The van der Waals surface area contributed by atoms with Gasteiger partial charge in [0, 0.05) is 29.8 Å². The van der Waals surface area contributed by atoms with Crippen LogP contribution in [0.3, 0.4) is 0 Å². The van der Waals surface area contributed by atoms with Crippen LogP contribution in [0.1, 0.15) is 34.1 Å². The Morgan fingerprint density at radius 3 is 2.44 bits per heavy atom. The number of piperidine rings is 1.